The van der Waals surface area contributed by atoms with Crippen LogP contribution >= 0.6 is 11.9 Å². The van der Waals surface area contributed by atoms with Gasteiger partial charge < -0.3 is 14.2 Å². The van der Waals surface area contributed by atoms with E-state index in [9.17, 15) is 13.2 Å². The van der Waals surface area contributed by atoms with Gasteiger partial charge in [0.05, 0.1) is 24.1 Å². The maximum atomic E-state index is 12.6. The van der Waals surface area contributed by atoms with Crippen molar-refractivity contribution in [3.05, 3.63) is 59.7 Å². The molecular formula is C23H22N4O6S2. The number of hydrogen-bond acceptors (Lipinski definition) is 9. The first-order valence-corrected chi connectivity index (χ1v) is 13.2. The van der Waals surface area contributed by atoms with Crippen molar-refractivity contribution >= 4 is 49.9 Å². The quantitative estimate of drug-likeness (QED) is 0.323. The Morgan fingerprint density at radius 3 is 2.51 bits per heavy atom. The minimum absolute atomic E-state index is 0.0362. The highest BCUT2D eigenvalue weighted by Gasteiger charge is 2.41. The number of carbonyl (C=O) groups is 1. The summed E-state index contributed by atoms with van der Waals surface area (Å²) in [5.74, 6) is 0.726. The summed E-state index contributed by atoms with van der Waals surface area (Å²) in [5, 5.41) is 8.16. The fourth-order valence-electron chi connectivity index (χ4n) is 3.23. The standard InChI is InChI=1S/C23H22N4O6S2/c1-3-31-19-14-15(9-10-18(19)33-12-11-32-16-7-5-4-6-8-16)13-17-20(24)27-22(25-21(17)28)34-26-23(27)35(2,29)30/h4-10,13-14,24H,3,11-12H2,1-2H3/b17-13-,24-20?. The van der Waals surface area contributed by atoms with Gasteiger partial charge in [0.25, 0.3) is 5.91 Å². The molecule has 2 heterocycles. The van der Waals surface area contributed by atoms with E-state index >= 15 is 0 Å². The van der Waals surface area contributed by atoms with Crippen molar-refractivity contribution in [2.24, 2.45) is 9.39 Å². The normalized spacial score (nSPS) is 16.6. The van der Waals surface area contributed by atoms with E-state index in [1.165, 1.54) is 6.08 Å². The molecule has 0 fully saturated rings. The number of rotatable bonds is 8. The van der Waals surface area contributed by atoms with Crippen molar-refractivity contribution in [3.63, 3.8) is 0 Å². The van der Waals surface area contributed by atoms with Crippen molar-refractivity contribution in [2.75, 3.05) is 26.1 Å². The van der Waals surface area contributed by atoms with Gasteiger partial charge in [0.1, 0.15) is 24.8 Å². The van der Waals surface area contributed by atoms with Crippen LogP contribution in [0.2, 0.25) is 0 Å². The highest BCUT2D eigenvalue weighted by atomic mass is 32.2. The number of carbonyl (C=O) groups excluding carboxylic acids is 1. The predicted octanol–water partition coefficient (Wildman–Crippen LogP) is 3.16. The van der Waals surface area contributed by atoms with Crippen LogP contribution in [-0.4, -0.2) is 61.5 Å². The van der Waals surface area contributed by atoms with Crippen LogP contribution in [0.1, 0.15) is 12.5 Å². The van der Waals surface area contributed by atoms with E-state index in [0.717, 1.165) is 28.9 Å². The third-order valence-electron chi connectivity index (χ3n) is 4.76. The Kier molecular flexibility index (Phi) is 7.22. The van der Waals surface area contributed by atoms with Crippen molar-refractivity contribution < 1.29 is 27.4 Å². The maximum absolute atomic E-state index is 12.6. The van der Waals surface area contributed by atoms with E-state index in [0.29, 0.717) is 30.3 Å². The van der Waals surface area contributed by atoms with Gasteiger partial charge in [-0.2, -0.15) is 9.39 Å². The van der Waals surface area contributed by atoms with Gasteiger partial charge in [-0.25, -0.2) is 13.3 Å². The lowest BCUT2D eigenvalue weighted by Crippen LogP contribution is -2.45. The van der Waals surface area contributed by atoms with Crippen LogP contribution in [0, 0.1) is 5.41 Å². The lowest BCUT2D eigenvalue weighted by atomic mass is 10.1. The second-order valence-corrected chi connectivity index (χ2v) is 9.97. The van der Waals surface area contributed by atoms with Gasteiger partial charge in [0.2, 0.25) is 20.2 Å². The van der Waals surface area contributed by atoms with Crippen molar-refractivity contribution in [1.82, 2.24) is 4.90 Å². The van der Waals surface area contributed by atoms with E-state index in [4.69, 9.17) is 19.6 Å². The molecule has 0 saturated carbocycles. The molecule has 4 rings (SSSR count). The summed E-state index contributed by atoms with van der Waals surface area (Å²) in [5.41, 5.74) is 0.484. The Morgan fingerprint density at radius 1 is 1.06 bits per heavy atom. The molecule has 35 heavy (non-hydrogen) atoms. The van der Waals surface area contributed by atoms with Crippen LogP contribution < -0.4 is 14.2 Å². The first kappa shape index (κ1) is 24.5. The van der Waals surface area contributed by atoms with Gasteiger partial charge in [0, 0.05) is 6.26 Å². The second-order valence-electron chi connectivity index (χ2n) is 7.33. The first-order chi connectivity index (χ1) is 16.8. The number of hydrogen-bond donors (Lipinski definition) is 1. The average Bonchev–Trinajstić information content (AvgIpc) is 3.26. The van der Waals surface area contributed by atoms with Crippen molar-refractivity contribution in [1.29, 1.82) is 5.41 Å². The lowest BCUT2D eigenvalue weighted by Gasteiger charge is -2.23. The first-order valence-electron chi connectivity index (χ1n) is 10.5. The van der Waals surface area contributed by atoms with Gasteiger partial charge in [0.15, 0.2) is 11.5 Å². The number of amidine groups is 3. The zero-order valence-electron chi connectivity index (χ0n) is 18.9. The Morgan fingerprint density at radius 2 is 1.80 bits per heavy atom. The maximum Gasteiger partial charge on any atom is 0.283 e. The highest BCUT2D eigenvalue weighted by Crippen LogP contribution is 2.32. The lowest BCUT2D eigenvalue weighted by molar-refractivity contribution is -0.114. The summed E-state index contributed by atoms with van der Waals surface area (Å²) in [6, 6.07) is 14.5. The van der Waals surface area contributed by atoms with E-state index in [2.05, 4.69) is 9.39 Å². The largest absolute Gasteiger partial charge is 0.490 e. The Labute approximate surface area is 206 Å². The number of nitrogens with zero attached hydrogens (tertiary/aromatic N) is 3. The summed E-state index contributed by atoms with van der Waals surface area (Å²) in [4.78, 5) is 17.5. The minimum Gasteiger partial charge on any atom is -0.490 e. The topological polar surface area (TPSA) is 131 Å². The average molecular weight is 515 g/mol. The third-order valence-corrected chi connectivity index (χ3v) is 6.51. The number of sulfone groups is 1. The third kappa shape index (κ3) is 5.54. The van der Waals surface area contributed by atoms with Crippen molar-refractivity contribution in [2.45, 2.75) is 6.92 Å². The van der Waals surface area contributed by atoms with E-state index in [-0.39, 0.29) is 28.4 Å². The summed E-state index contributed by atoms with van der Waals surface area (Å²) in [7, 11) is -3.72. The molecule has 0 atom stereocenters. The molecule has 0 unspecified atom stereocenters. The van der Waals surface area contributed by atoms with Gasteiger partial charge in [-0.3, -0.25) is 10.2 Å². The molecule has 0 spiro atoms. The molecule has 0 radical (unpaired) electrons. The van der Waals surface area contributed by atoms with Crippen LogP contribution in [0.4, 0.5) is 0 Å². The SMILES string of the molecule is CCOc1cc(/C=C2/C(=N)N3C(=NC2=O)SN=C3S(C)(=O)=O)ccc1OCCOc1ccccc1. The number of benzene rings is 2. The number of amides is 1. The fraction of sp³-hybridized carbons (Fsp3) is 0.217. The van der Waals surface area contributed by atoms with Crippen LogP contribution in [-0.2, 0) is 14.6 Å². The van der Waals surface area contributed by atoms with E-state index in [1.54, 1.807) is 18.2 Å². The Bertz CT molecular complexity index is 1350. The van der Waals surface area contributed by atoms with Crippen LogP contribution in [0.5, 0.6) is 17.2 Å². The summed E-state index contributed by atoms with van der Waals surface area (Å²) < 4.78 is 45.1. The number of para-hydroxylation sites is 1. The Balaban J connectivity index is 1.52. The summed E-state index contributed by atoms with van der Waals surface area (Å²) in [6.45, 7) is 2.85. The molecule has 2 aliphatic heterocycles. The van der Waals surface area contributed by atoms with Crippen LogP contribution in [0.25, 0.3) is 6.08 Å². The molecule has 2 aromatic rings. The zero-order valence-corrected chi connectivity index (χ0v) is 20.6. The molecule has 182 valence electrons. The van der Waals surface area contributed by atoms with Gasteiger partial charge >= 0.3 is 0 Å². The van der Waals surface area contributed by atoms with Gasteiger partial charge in [-0.1, -0.05) is 24.3 Å². The van der Waals surface area contributed by atoms with Crippen LogP contribution in [0.15, 0.2) is 63.5 Å². The monoisotopic (exact) mass is 514 g/mol. The number of aliphatic imine (C=N–C) groups is 1. The zero-order chi connectivity index (χ0) is 25.0. The number of nitrogens with one attached hydrogen (secondary N) is 1. The molecular weight excluding hydrogens is 492 g/mol. The molecule has 1 N–H and O–H groups in total. The minimum atomic E-state index is -3.72. The molecule has 0 aromatic heterocycles. The number of fused-ring (bicyclic) bond motifs is 1. The van der Waals surface area contributed by atoms with Gasteiger partial charge in [-0.15, -0.1) is 0 Å². The molecule has 2 aliphatic rings. The summed E-state index contributed by atoms with van der Waals surface area (Å²) in [6.07, 6.45) is 2.44. The molecule has 10 nitrogen and oxygen atoms in total. The smallest absolute Gasteiger partial charge is 0.283 e. The highest BCUT2D eigenvalue weighted by molar-refractivity contribution is 8.16. The van der Waals surface area contributed by atoms with Crippen molar-refractivity contribution in [3.8, 4) is 17.2 Å². The Hall–Kier alpha value is -3.64. The predicted molar refractivity (Wildman–Crippen MR) is 135 cm³/mol. The van der Waals surface area contributed by atoms with Crippen LogP contribution in [0.3, 0.4) is 0 Å². The summed E-state index contributed by atoms with van der Waals surface area (Å²) >= 11 is 0.745. The van der Waals surface area contributed by atoms with E-state index in [1.807, 2.05) is 37.3 Å². The molecule has 0 saturated heterocycles. The van der Waals surface area contributed by atoms with E-state index < -0.39 is 15.7 Å². The molecule has 2 aromatic carbocycles. The van der Waals surface area contributed by atoms with Gasteiger partial charge in [-0.05, 0) is 42.8 Å². The number of ether oxygens (including phenoxy) is 3. The second kappa shape index (κ2) is 10.3. The molecule has 0 aliphatic carbocycles. The molecule has 12 heteroatoms. The molecule has 1 amide bonds. The fourth-order valence-corrected chi connectivity index (χ4v) is 5.08. The molecule has 0 bridgehead atoms.